The molecule has 1 fully saturated rings. The van der Waals surface area contributed by atoms with E-state index in [2.05, 4.69) is 5.32 Å². The molecule has 0 saturated heterocycles. The number of sulfonamides is 1. The topological polar surface area (TPSA) is 96.0 Å². The van der Waals surface area contributed by atoms with E-state index in [9.17, 15) is 18.0 Å². The largest absolute Gasteiger partial charge is 0.492 e. The molecule has 8 nitrogen and oxygen atoms in total. The monoisotopic (exact) mass is 701 g/mol. The standard InChI is InChI=1S/C39H44ClN3O5S/c1-3-48-37-20-11-10-19-35(37)43(49(46,47)34-23-21-29(2)22-24-34)28-38(44)42(27-31-15-12-16-32(40)25-31)36(26-30-13-6-4-7-14-30)39(45)41-33-17-8-5-9-18-33/h4,6-7,10-16,19-25,33,36H,3,5,8-9,17-18,26-28H2,1-2H3,(H,41,45)/t36-/m0/s1. The number of para-hydroxylation sites is 2. The van der Waals surface area contributed by atoms with E-state index in [0.717, 1.165) is 47.5 Å². The molecule has 0 bridgehead atoms. The predicted octanol–water partition coefficient (Wildman–Crippen LogP) is 7.33. The van der Waals surface area contributed by atoms with Crippen molar-refractivity contribution in [1.82, 2.24) is 10.2 Å². The van der Waals surface area contributed by atoms with Crippen LogP contribution in [0.4, 0.5) is 5.69 Å². The number of halogens is 1. The number of hydrogen-bond acceptors (Lipinski definition) is 5. The first-order chi connectivity index (χ1) is 23.7. The average Bonchev–Trinajstić information content (AvgIpc) is 3.10. The van der Waals surface area contributed by atoms with Crippen LogP contribution < -0.4 is 14.4 Å². The van der Waals surface area contributed by atoms with Gasteiger partial charge in [-0.15, -0.1) is 0 Å². The summed E-state index contributed by atoms with van der Waals surface area (Å²) in [6, 6.07) is 29.0. The lowest BCUT2D eigenvalue weighted by Gasteiger charge is -2.35. The van der Waals surface area contributed by atoms with Crippen molar-refractivity contribution < 1.29 is 22.7 Å². The van der Waals surface area contributed by atoms with Crippen LogP contribution in [0.15, 0.2) is 108 Å². The highest BCUT2D eigenvalue weighted by Gasteiger charge is 2.36. The number of nitrogens with zero attached hydrogens (tertiary/aromatic N) is 2. The van der Waals surface area contributed by atoms with Gasteiger partial charge in [0.2, 0.25) is 11.8 Å². The van der Waals surface area contributed by atoms with Crippen LogP contribution in [0.3, 0.4) is 0 Å². The molecule has 1 saturated carbocycles. The Hall–Kier alpha value is -4.34. The average molecular weight is 702 g/mol. The third-order valence-corrected chi connectivity index (χ3v) is 10.8. The van der Waals surface area contributed by atoms with E-state index in [1.165, 1.54) is 17.0 Å². The van der Waals surface area contributed by atoms with Crippen LogP contribution in [0.2, 0.25) is 5.02 Å². The Kier molecular flexibility index (Phi) is 12.4. The first-order valence-corrected chi connectivity index (χ1v) is 18.7. The van der Waals surface area contributed by atoms with Crippen molar-refractivity contribution in [2.24, 2.45) is 0 Å². The highest BCUT2D eigenvalue weighted by Crippen LogP contribution is 2.33. The normalized spacial score (nSPS) is 14.1. The van der Waals surface area contributed by atoms with Gasteiger partial charge in [0, 0.05) is 24.0 Å². The minimum absolute atomic E-state index is 0.0131. The summed E-state index contributed by atoms with van der Waals surface area (Å²) in [5, 5.41) is 3.72. The number of ether oxygens (including phenoxy) is 1. The van der Waals surface area contributed by atoms with Gasteiger partial charge in [-0.25, -0.2) is 8.42 Å². The molecule has 0 aromatic heterocycles. The molecule has 0 aliphatic heterocycles. The molecule has 1 aliphatic rings. The van der Waals surface area contributed by atoms with Gasteiger partial charge < -0.3 is 15.0 Å². The van der Waals surface area contributed by atoms with Gasteiger partial charge >= 0.3 is 0 Å². The second-order valence-corrected chi connectivity index (χ2v) is 14.7. The summed E-state index contributed by atoms with van der Waals surface area (Å²) in [5.74, 6) is -0.485. The van der Waals surface area contributed by atoms with Crippen molar-refractivity contribution in [2.45, 2.75) is 75.9 Å². The fourth-order valence-electron chi connectivity index (χ4n) is 6.22. The molecule has 0 radical (unpaired) electrons. The number of amides is 2. The molecule has 4 aromatic rings. The molecule has 2 amide bonds. The number of nitrogens with one attached hydrogen (secondary N) is 1. The van der Waals surface area contributed by atoms with Crippen LogP contribution in [0.1, 0.15) is 55.7 Å². The van der Waals surface area contributed by atoms with Gasteiger partial charge in [0.1, 0.15) is 18.3 Å². The Balaban J connectivity index is 1.59. The Bertz CT molecular complexity index is 1810. The van der Waals surface area contributed by atoms with Gasteiger partial charge in [-0.1, -0.05) is 103 Å². The number of anilines is 1. The van der Waals surface area contributed by atoms with Gasteiger partial charge in [0.05, 0.1) is 17.2 Å². The summed E-state index contributed by atoms with van der Waals surface area (Å²) in [4.78, 5) is 30.6. The molecule has 1 atom stereocenters. The van der Waals surface area contributed by atoms with Crippen LogP contribution >= 0.6 is 11.6 Å². The van der Waals surface area contributed by atoms with Gasteiger partial charge in [-0.05, 0) is 74.2 Å². The molecule has 0 spiro atoms. The van der Waals surface area contributed by atoms with Crippen LogP contribution in [0, 0.1) is 6.92 Å². The summed E-state index contributed by atoms with van der Waals surface area (Å²) in [7, 11) is -4.26. The van der Waals surface area contributed by atoms with E-state index in [4.69, 9.17) is 16.3 Å². The zero-order valence-corrected chi connectivity index (χ0v) is 29.6. The van der Waals surface area contributed by atoms with Crippen molar-refractivity contribution >= 4 is 39.1 Å². The minimum Gasteiger partial charge on any atom is -0.492 e. The van der Waals surface area contributed by atoms with Crippen molar-refractivity contribution in [3.8, 4) is 5.75 Å². The first kappa shape index (κ1) is 36.0. The molecular formula is C39H44ClN3O5S. The summed E-state index contributed by atoms with van der Waals surface area (Å²) in [5.41, 5.74) is 2.72. The fraction of sp³-hybridized carbons (Fsp3) is 0.333. The van der Waals surface area contributed by atoms with E-state index in [1.807, 2.05) is 50.2 Å². The summed E-state index contributed by atoms with van der Waals surface area (Å²) in [6.45, 7) is 3.46. The second-order valence-electron chi connectivity index (χ2n) is 12.4. The Morgan fingerprint density at radius 3 is 2.24 bits per heavy atom. The van der Waals surface area contributed by atoms with Gasteiger partial charge in [-0.3, -0.25) is 13.9 Å². The van der Waals surface area contributed by atoms with E-state index in [0.29, 0.717) is 22.9 Å². The third kappa shape index (κ3) is 9.43. The smallest absolute Gasteiger partial charge is 0.264 e. The van der Waals surface area contributed by atoms with Crippen LogP contribution in [-0.4, -0.2) is 50.4 Å². The quantitative estimate of drug-likeness (QED) is 0.149. The summed E-state index contributed by atoms with van der Waals surface area (Å²) >= 11 is 6.37. The molecule has 0 unspecified atom stereocenters. The zero-order chi connectivity index (χ0) is 34.8. The zero-order valence-electron chi connectivity index (χ0n) is 28.1. The van der Waals surface area contributed by atoms with Crippen molar-refractivity contribution in [2.75, 3.05) is 17.5 Å². The molecule has 5 rings (SSSR count). The van der Waals surface area contributed by atoms with Gasteiger partial charge in [0.25, 0.3) is 10.0 Å². The minimum atomic E-state index is -4.26. The maximum absolute atomic E-state index is 14.8. The van der Waals surface area contributed by atoms with E-state index in [-0.39, 0.29) is 35.5 Å². The number of rotatable bonds is 14. The van der Waals surface area contributed by atoms with Crippen LogP contribution in [0.5, 0.6) is 5.75 Å². The molecule has 49 heavy (non-hydrogen) atoms. The lowest BCUT2D eigenvalue weighted by molar-refractivity contribution is -0.140. The number of carbonyl (C=O) groups excluding carboxylic acids is 2. The second kappa shape index (κ2) is 16.9. The maximum Gasteiger partial charge on any atom is 0.264 e. The summed E-state index contributed by atoms with van der Waals surface area (Å²) < 4.78 is 35.8. The summed E-state index contributed by atoms with van der Waals surface area (Å²) in [6.07, 6.45) is 5.19. The number of carbonyl (C=O) groups is 2. The van der Waals surface area contributed by atoms with E-state index in [1.54, 1.807) is 54.6 Å². The number of aryl methyl sites for hydroxylation is 1. The molecule has 1 aliphatic carbocycles. The molecule has 0 heterocycles. The first-order valence-electron chi connectivity index (χ1n) is 16.8. The predicted molar refractivity (Wildman–Crippen MR) is 194 cm³/mol. The molecule has 4 aromatic carbocycles. The Morgan fingerprint density at radius 1 is 0.878 bits per heavy atom. The van der Waals surface area contributed by atoms with Crippen LogP contribution in [-0.2, 0) is 32.6 Å². The molecule has 258 valence electrons. The van der Waals surface area contributed by atoms with Crippen molar-refractivity contribution in [3.05, 3.63) is 125 Å². The van der Waals surface area contributed by atoms with Gasteiger partial charge in [-0.2, -0.15) is 0 Å². The SMILES string of the molecule is CCOc1ccccc1N(CC(=O)N(Cc1cccc(Cl)c1)[C@@H](Cc1ccccc1)C(=O)NC1CCCCC1)S(=O)(=O)c1ccc(C)cc1. The van der Waals surface area contributed by atoms with Crippen molar-refractivity contribution in [1.29, 1.82) is 0 Å². The Morgan fingerprint density at radius 2 is 1.55 bits per heavy atom. The van der Waals surface area contributed by atoms with E-state index >= 15 is 0 Å². The molecule has 10 heteroatoms. The van der Waals surface area contributed by atoms with Crippen LogP contribution in [0.25, 0.3) is 0 Å². The lowest BCUT2D eigenvalue weighted by Crippen LogP contribution is -2.55. The molecule has 1 N–H and O–H groups in total. The van der Waals surface area contributed by atoms with Gasteiger partial charge in [0.15, 0.2) is 0 Å². The number of benzene rings is 4. The highest BCUT2D eigenvalue weighted by molar-refractivity contribution is 7.92. The lowest BCUT2D eigenvalue weighted by atomic mass is 9.94. The van der Waals surface area contributed by atoms with E-state index < -0.39 is 28.5 Å². The molecular weight excluding hydrogens is 658 g/mol. The maximum atomic E-state index is 14.8. The Labute approximate surface area is 295 Å². The third-order valence-electron chi connectivity index (χ3n) is 8.79. The highest BCUT2D eigenvalue weighted by atomic mass is 35.5. The van der Waals surface area contributed by atoms with Crippen molar-refractivity contribution in [3.63, 3.8) is 0 Å². The number of hydrogen-bond donors (Lipinski definition) is 1. The fourth-order valence-corrected chi connectivity index (χ4v) is 7.86.